The van der Waals surface area contributed by atoms with Gasteiger partial charge >= 0.3 is 5.97 Å². The highest BCUT2D eigenvalue weighted by Crippen LogP contribution is 2.69. The van der Waals surface area contributed by atoms with Crippen LogP contribution in [0, 0.1) is 22.7 Å². The molecule has 0 radical (unpaired) electrons. The van der Waals surface area contributed by atoms with Gasteiger partial charge in [0.2, 0.25) is 0 Å². The number of carbonyl (C=O) groups excluding carboxylic acids is 1. The van der Waals surface area contributed by atoms with Gasteiger partial charge in [0, 0.05) is 30.2 Å². The first-order valence-corrected chi connectivity index (χ1v) is 10.4. The average molecular weight is 408 g/mol. The quantitative estimate of drug-likeness (QED) is 0.517. The van der Waals surface area contributed by atoms with Crippen molar-refractivity contribution in [1.82, 2.24) is 0 Å². The first kappa shape index (κ1) is 20.8. The summed E-state index contributed by atoms with van der Waals surface area (Å²) in [6, 6.07) is 1.75. The fourth-order valence-electron chi connectivity index (χ4n) is 6.55. The monoisotopic (exact) mass is 408 g/mol. The Kier molecular flexibility index (Phi) is 4.89. The van der Waals surface area contributed by atoms with Crippen LogP contribution >= 0.6 is 0 Å². The second-order valence-electron chi connectivity index (χ2n) is 9.77. The minimum atomic E-state index is -0.838. The molecule has 1 saturated heterocycles. The molecule has 2 aliphatic carbocycles. The van der Waals surface area contributed by atoms with Crippen LogP contribution in [0.3, 0.4) is 0 Å². The van der Waals surface area contributed by atoms with Crippen LogP contribution < -0.4 is 0 Å². The molecule has 3 N–H and O–H groups in total. The molecule has 162 valence electrons. The molecule has 7 heteroatoms. The summed E-state index contributed by atoms with van der Waals surface area (Å²) >= 11 is 0. The zero-order valence-electron chi connectivity index (χ0n) is 17.5. The maximum absolute atomic E-state index is 11.9. The molecule has 4 rings (SSSR count). The van der Waals surface area contributed by atoms with Crippen molar-refractivity contribution in [3.05, 3.63) is 24.2 Å². The van der Waals surface area contributed by atoms with E-state index in [0.29, 0.717) is 25.0 Å². The lowest BCUT2D eigenvalue weighted by Crippen LogP contribution is -2.70. The van der Waals surface area contributed by atoms with Crippen LogP contribution in [-0.2, 0) is 14.3 Å². The third-order valence-electron chi connectivity index (χ3n) is 8.36. The number of rotatable bonds is 4. The van der Waals surface area contributed by atoms with Crippen molar-refractivity contribution in [3.8, 4) is 0 Å². The summed E-state index contributed by atoms with van der Waals surface area (Å²) in [4.78, 5) is 11.9. The second-order valence-corrected chi connectivity index (χ2v) is 9.77. The van der Waals surface area contributed by atoms with Crippen molar-refractivity contribution in [2.75, 3.05) is 6.61 Å². The van der Waals surface area contributed by atoms with E-state index >= 15 is 0 Å². The first-order chi connectivity index (χ1) is 13.6. The number of aliphatic hydroxyl groups excluding tert-OH is 3. The van der Waals surface area contributed by atoms with Crippen molar-refractivity contribution in [1.29, 1.82) is 0 Å². The van der Waals surface area contributed by atoms with Gasteiger partial charge in [-0.05, 0) is 30.2 Å². The lowest BCUT2D eigenvalue weighted by molar-refractivity contribution is -0.254. The van der Waals surface area contributed by atoms with E-state index in [9.17, 15) is 20.1 Å². The molecule has 2 saturated carbocycles. The Labute approximate surface area is 171 Å². The maximum Gasteiger partial charge on any atom is 0.302 e. The van der Waals surface area contributed by atoms with Crippen molar-refractivity contribution < 1.29 is 34.0 Å². The number of carbonyl (C=O) groups is 1. The van der Waals surface area contributed by atoms with Crippen LogP contribution in [0.15, 0.2) is 23.0 Å². The predicted molar refractivity (Wildman–Crippen MR) is 103 cm³/mol. The van der Waals surface area contributed by atoms with Gasteiger partial charge in [-0.1, -0.05) is 20.8 Å². The molecule has 7 nitrogen and oxygen atoms in total. The number of epoxide rings is 1. The normalized spacial score (nSPS) is 47.5. The van der Waals surface area contributed by atoms with Gasteiger partial charge in [0.15, 0.2) is 0 Å². The summed E-state index contributed by atoms with van der Waals surface area (Å²) in [6.07, 6.45) is 1.42. The van der Waals surface area contributed by atoms with Crippen molar-refractivity contribution >= 4 is 5.97 Å². The number of ether oxygens (including phenoxy) is 2. The van der Waals surface area contributed by atoms with Gasteiger partial charge in [0.1, 0.15) is 11.7 Å². The number of hydrogen-bond donors (Lipinski definition) is 3. The number of furan rings is 1. The number of aliphatic hydroxyl groups is 3. The molecular weight excluding hydrogens is 376 g/mol. The minimum Gasteiger partial charge on any atom is -0.472 e. The van der Waals surface area contributed by atoms with Crippen molar-refractivity contribution in [2.24, 2.45) is 22.7 Å². The van der Waals surface area contributed by atoms with Crippen LogP contribution in [0.5, 0.6) is 0 Å². The highest BCUT2D eigenvalue weighted by atomic mass is 16.6. The zero-order chi connectivity index (χ0) is 21.2. The Balaban J connectivity index is 1.78. The summed E-state index contributed by atoms with van der Waals surface area (Å²) in [5.74, 6) is -0.644. The summed E-state index contributed by atoms with van der Waals surface area (Å²) in [5.41, 5.74) is -1.41. The van der Waals surface area contributed by atoms with Gasteiger partial charge in [-0.2, -0.15) is 0 Å². The highest BCUT2D eigenvalue weighted by Gasteiger charge is 2.77. The van der Waals surface area contributed by atoms with Crippen LogP contribution in [-0.4, -0.2) is 51.8 Å². The Morgan fingerprint density at radius 2 is 2.00 bits per heavy atom. The molecule has 2 heterocycles. The fraction of sp³-hybridized carbons (Fsp3) is 0.773. The predicted octanol–water partition coefficient (Wildman–Crippen LogP) is 2.20. The van der Waals surface area contributed by atoms with Crippen LogP contribution in [0.4, 0.5) is 0 Å². The first-order valence-electron chi connectivity index (χ1n) is 10.4. The fourth-order valence-corrected chi connectivity index (χ4v) is 6.55. The summed E-state index contributed by atoms with van der Waals surface area (Å²) in [5, 5.41) is 33.0. The molecule has 0 aromatic carbocycles. The molecule has 9 atom stereocenters. The Hall–Kier alpha value is -1.41. The molecule has 1 spiro atoms. The van der Waals surface area contributed by atoms with E-state index in [4.69, 9.17) is 13.9 Å². The highest BCUT2D eigenvalue weighted by molar-refractivity contribution is 5.66. The largest absolute Gasteiger partial charge is 0.472 e. The topological polar surface area (TPSA) is 113 Å². The summed E-state index contributed by atoms with van der Waals surface area (Å²) < 4.78 is 16.7. The van der Waals surface area contributed by atoms with Crippen molar-refractivity contribution in [3.63, 3.8) is 0 Å². The zero-order valence-corrected chi connectivity index (χ0v) is 17.5. The number of hydrogen-bond acceptors (Lipinski definition) is 7. The molecular formula is C22H32O7. The Morgan fingerprint density at radius 1 is 1.31 bits per heavy atom. The summed E-state index contributed by atoms with van der Waals surface area (Å²) in [6.45, 7) is 7.85. The SMILES string of the molecule is CC(=O)O[C@@H]1C[C@H](O)[C@]2(CO2)[C@@]2(C)[C@H]1[C@@](C)(C[C@H](O)c1ccoc1)[C@H](C)C[C@@H]2O. The Morgan fingerprint density at radius 3 is 2.55 bits per heavy atom. The third-order valence-corrected chi connectivity index (χ3v) is 8.36. The lowest BCUT2D eigenvalue weighted by atomic mass is 9.42. The molecule has 3 fully saturated rings. The number of esters is 1. The molecule has 1 aromatic rings. The van der Waals surface area contributed by atoms with Gasteiger partial charge in [-0.25, -0.2) is 0 Å². The van der Waals surface area contributed by atoms with Gasteiger partial charge in [-0.3, -0.25) is 4.79 Å². The molecule has 0 amide bonds. The summed E-state index contributed by atoms with van der Waals surface area (Å²) in [7, 11) is 0. The minimum absolute atomic E-state index is 0.0567. The second kappa shape index (κ2) is 6.80. The molecule has 0 bridgehead atoms. The molecule has 3 aliphatic rings. The van der Waals surface area contributed by atoms with Gasteiger partial charge in [0.25, 0.3) is 0 Å². The van der Waals surface area contributed by atoms with Crippen LogP contribution in [0.25, 0.3) is 0 Å². The third kappa shape index (κ3) is 2.89. The molecule has 29 heavy (non-hydrogen) atoms. The van der Waals surface area contributed by atoms with Crippen LogP contribution in [0.2, 0.25) is 0 Å². The molecule has 0 unspecified atom stereocenters. The van der Waals surface area contributed by atoms with E-state index in [1.165, 1.54) is 19.5 Å². The van der Waals surface area contributed by atoms with E-state index in [1.54, 1.807) is 6.07 Å². The van der Waals surface area contributed by atoms with Crippen molar-refractivity contribution in [2.45, 2.75) is 77.0 Å². The smallest absolute Gasteiger partial charge is 0.302 e. The van der Waals surface area contributed by atoms with Gasteiger partial charge < -0.3 is 29.2 Å². The average Bonchev–Trinajstić information content (AvgIpc) is 3.25. The van der Waals surface area contributed by atoms with E-state index in [2.05, 4.69) is 13.8 Å². The maximum atomic E-state index is 11.9. The van der Waals surface area contributed by atoms with E-state index in [0.717, 1.165) is 0 Å². The van der Waals surface area contributed by atoms with E-state index in [-0.39, 0.29) is 18.3 Å². The van der Waals surface area contributed by atoms with Gasteiger partial charge in [0.05, 0.1) is 37.4 Å². The Bertz CT molecular complexity index is 757. The number of fused-ring (bicyclic) bond motifs is 2. The lowest BCUT2D eigenvalue weighted by Gasteiger charge is -2.64. The van der Waals surface area contributed by atoms with Gasteiger partial charge in [-0.15, -0.1) is 0 Å². The van der Waals surface area contributed by atoms with Crippen LogP contribution in [0.1, 0.15) is 58.6 Å². The standard InChI is InChI=1S/C22H32O7/c1-12-7-17(25)21(4)19(20(12,3)9-15(24)14-5-6-27-10-14)16(29-13(2)23)8-18(26)22(21)11-28-22/h5-6,10,12,15-19,24-26H,7-9,11H2,1-4H3/t12-,15+,16-,17+,18+,19-,20+,21-,22-/m1/s1. The molecule has 1 aliphatic heterocycles. The van der Waals surface area contributed by atoms with E-state index in [1.807, 2.05) is 6.92 Å². The molecule has 1 aromatic heterocycles. The van der Waals surface area contributed by atoms with E-state index < -0.39 is 46.8 Å².